The standard InChI is InChI=1S/C17H18N4O/c22-17(14-5-8-21-15(10-14)4-7-20-21)19-11-12-1-2-13-3-6-18-16(13)9-12/h1-4,6-7,9,14,18H,5,8,10-11H2,(H,19,22). The summed E-state index contributed by atoms with van der Waals surface area (Å²) in [6, 6.07) is 10.3. The predicted molar refractivity (Wildman–Crippen MR) is 84.2 cm³/mol. The van der Waals surface area contributed by atoms with Gasteiger partial charge >= 0.3 is 0 Å². The Bertz CT molecular complexity index is 817. The molecule has 5 heteroatoms. The third-order valence-corrected chi connectivity index (χ3v) is 4.41. The number of carbonyl (C=O) groups excluding carboxylic acids is 1. The highest BCUT2D eigenvalue weighted by Gasteiger charge is 2.24. The second kappa shape index (κ2) is 5.33. The Labute approximate surface area is 128 Å². The van der Waals surface area contributed by atoms with Crippen molar-refractivity contribution in [2.24, 2.45) is 5.92 Å². The van der Waals surface area contributed by atoms with Crippen LogP contribution in [-0.2, 0) is 24.3 Å². The molecule has 5 nitrogen and oxygen atoms in total. The molecule has 0 bridgehead atoms. The lowest BCUT2D eigenvalue weighted by Crippen LogP contribution is -2.35. The summed E-state index contributed by atoms with van der Waals surface area (Å²) < 4.78 is 1.99. The van der Waals surface area contributed by atoms with Gasteiger partial charge in [0.25, 0.3) is 0 Å². The lowest BCUT2D eigenvalue weighted by atomic mass is 9.95. The minimum absolute atomic E-state index is 0.0541. The third-order valence-electron chi connectivity index (χ3n) is 4.41. The van der Waals surface area contributed by atoms with E-state index in [4.69, 9.17) is 0 Å². The van der Waals surface area contributed by atoms with Crippen molar-refractivity contribution in [3.05, 3.63) is 54.0 Å². The molecular formula is C17H18N4O. The van der Waals surface area contributed by atoms with Gasteiger partial charge in [0.1, 0.15) is 0 Å². The Morgan fingerprint density at radius 2 is 2.32 bits per heavy atom. The van der Waals surface area contributed by atoms with Crippen LogP contribution in [0.15, 0.2) is 42.7 Å². The van der Waals surface area contributed by atoms with Crippen LogP contribution in [0.5, 0.6) is 0 Å². The molecular weight excluding hydrogens is 276 g/mol. The van der Waals surface area contributed by atoms with Gasteiger partial charge in [-0.05, 0) is 35.6 Å². The fourth-order valence-electron chi connectivity index (χ4n) is 3.13. The summed E-state index contributed by atoms with van der Waals surface area (Å²) in [6.07, 6.45) is 5.37. The summed E-state index contributed by atoms with van der Waals surface area (Å²) in [5.74, 6) is 0.192. The van der Waals surface area contributed by atoms with Gasteiger partial charge in [-0.2, -0.15) is 5.10 Å². The first-order valence-electron chi connectivity index (χ1n) is 7.64. The molecule has 0 aliphatic carbocycles. The average molecular weight is 294 g/mol. The number of nitrogens with zero attached hydrogens (tertiary/aromatic N) is 2. The van der Waals surface area contributed by atoms with E-state index in [0.717, 1.165) is 36.2 Å². The van der Waals surface area contributed by atoms with Crippen molar-refractivity contribution in [1.29, 1.82) is 0 Å². The largest absolute Gasteiger partial charge is 0.361 e. The van der Waals surface area contributed by atoms with Crippen LogP contribution < -0.4 is 5.32 Å². The normalized spacial score (nSPS) is 17.4. The van der Waals surface area contributed by atoms with Crippen LogP contribution in [0.25, 0.3) is 10.9 Å². The van der Waals surface area contributed by atoms with E-state index >= 15 is 0 Å². The lowest BCUT2D eigenvalue weighted by molar-refractivity contribution is -0.125. The van der Waals surface area contributed by atoms with Gasteiger partial charge in [-0.25, -0.2) is 0 Å². The van der Waals surface area contributed by atoms with E-state index in [1.54, 1.807) is 6.20 Å². The molecule has 1 aliphatic heterocycles. The van der Waals surface area contributed by atoms with Crippen molar-refractivity contribution in [3.63, 3.8) is 0 Å². The molecule has 1 amide bonds. The van der Waals surface area contributed by atoms with Gasteiger partial charge in [-0.15, -0.1) is 0 Å². The monoisotopic (exact) mass is 294 g/mol. The number of hydrogen-bond acceptors (Lipinski definition) is 2. The Hall–Kier alpha value is -2.56. The number of aromatic amines is 1. The summed E-state index contributed by atoms with van der Waals surface area (Å²) in [5, 5.41) is 8.51. The highest BCUT2D eigenvalue weighted by Crippen LogP contribution is 2.20. The van der Waals surface area contributed by atoms with Gasteiger partial charge in [0, 0.05) is 49.0 Å². The minimum atomic E-state index is 0.0541. The number of H-pyrrole nitrogens is 1. The highest BCUT2D eigenvalue weighted by atomic mass is 16.1. The van der Waals surface area contributed by atoms with Crippen LogP contribution >= 0.6 is 0 Å². The Kier molecular flexibility index (Phi) is 3.18. The molecule has 0 saturated carbocycles. The van der Waals surface area contributed by atoms with Crippen molar-refractivity contribution in [2.45, 2.75) is 25.9 Å². The van der Waals surface area contributed by atoms with Crippen molar-refractivity contribution < 1.29 is 4.79 Å². The second-order valence-electron chi connectivity index (χ2n) is 5.85. The SMILES string of the molecule is O=C(NCc1ccc2cc[nH]c2c1)C1CCn2nccc2C1. The summed E-state index contributed by atoms with van der Waals surface area (Å²) in [6.45, 7) is 1.40. The number of fused-ring (bicyclic) bond motifs is 2. The first kappa shape index (κ1) is 13.1. The molecule has 2 N–H and O–H groups in total. The molecule has 0 radical (unpaired) electrons. The molecule has 0 saturated heterocycles. The number of hydrogen-bond donors (Lipinski definition) is 2. The predicted octanol–water partition coefficient (Wildman–Crippen LogP) is 2.24. The smallest absolute Gasteiger partial charge is 0.223 e. The molecule has 0 fully saturated rings. The molecule has 4 rings (SSSR count). The summed E-state index contributed by atoms with van der Waals surface area (Å²) >= 11 is 0. The van der Waals surface area contributed by atoms with E-state index in [1.807, 2.05) is 23.0 Å². The van der Waals surface area contributed by atoms with Crippen LogP contribution in [0.3, 0.4) is 0 Å². The van der Waals surface area contributed by atoms with E-state index in [0.29, 0.717) is 6.54 Å². The van der Waals surface area contributed by atoms with E-state index in [2.05, 4.69) is 33.6 Å². The maximum Gasteiger partial charge on any atom is 0.223 e. The Balaban J connectivity index is 1.40. The molecule has 112 valence electrons. The second-order valence-corrected chi connectivity index (χ2v) is 5.85. The molecule has 1 unspecified atom stereocenters. The van der Waals surface area contributed by atoms with Crippen molar-refractivity contribution in [2.75, 3.05) is 0 Å². The van der Waals surface area contributed by atoms with E-state index in [1.165, 1.54) is 5.39 Å². The summed E-state index contributed by atoms with van der Waals surface area (Å²) in [5.41, 5.74) is 3.37. The highest BCUT2D eigenvalue weighted by molar-refractivity contribution is 5.81. The van der Waals surface area contributed by atoms with Crippen LogP contribution in [0.1, 0.15) is 17.7 Å². The summed E-state index contributed by atoms with van der Waals surface area (Å²) in [4.78, 5) is 15.6. The molecule has 0 spiro atoms. The van der Waals surface area contributed by atoms with Gasteiger partial charge in [-0.1, -0.05) is 12.1 Å². The first-order valence-corrected chi connectivity index (χ1v) is 7.64. The van der Waals surface area contributed by atoms with Crippen molar-refractivity contribution >= 4 is 16.8 Å². The van der Waals surface area contributed by atoms with Gasteiger partial charge in [0.2, 0.25) is 5.91 Å². The number of nitrogens with one attached hydrogen (secondary N) is 2. The van der Waals surface area contributed by atoms with Gasteiger partial charge in [-0.3, -0.25) is 9.48 Å². The molecule has 1 atom stereocenters. The minimum Gasteiger partial charge on any atom is -0.361 e. The molecule has 3 heterocycles. The zero-order valence-electron chi connectivity index (χ0n) is 12.2. The number of aryl methyl sites for hydroxylation is 1. The fraction of sp³-hybridized carbons (Fsp3) is 0.294. The molecule has 2 aromatic heterocycles. The number of carbonyl (C=O) groups is 1. The quantitative estimate of drug-likeness (QED) is 0.778. The molecule has 3 aromatic rings. The Morgan fingerprint density at radius 3 is 3.27 bits per heavy atom. The number of amides is 1. The fourth-order valence-corrected chi connectivity index (χ4v) is 3.13. The molecule has 22 heavy (non-hydrogen) atoms. The number of rotatable bonds is 3. The molecule has 1 aliphatic rings. The van der Waals surface area contributed by atoms with E-state index < -0.39 is 0 Å². The van der Waals surface area contributed by atoms with Crippen LogP contribution in [-0.4, -0.2) is 20.7 Å². The van der Waals surface area contributed by atoms with Gasteiger partial charge < -0.3 is 10.3 Å². The zero-order chi connectivity index (χ0) is 14.9. The summed E-state index contributed by atoms with van der Waals surface area (Å²) in [7, 11) is 0. The topological polar surface area (TPSA) is 62.7 Å². The Morgan fingerprint density at radius 1 is 1.36 bits per heavy atom. The molecule has 1 aromatic carbocycles. The van der Waals surface area contributed by atoms with Crippen LogP contribution in [0, 0.1) is 5.92 Å². The van der Waals surface area contributed by atoms with Gasteiger partial charge in [0.15, 0.2) is 0 Å². The van der Waals surface area contributed by atoms with E-state index in [9.17, 15) is 4.79 Å². The van der Waals surface area contributed by atoms with Crippen molar-refractivity contribution in [1.82, 2.24) is 20.1 Å². The van der Waals surface area contributed by atoms with Crippen molar-refractivity contribution in [3.8, 4) is 0 Å². The van der Waals surface area contributed by atoms with Crippen LogP contribution in [0.4, 0.5) is 0 Å². The zero-order valence-corrected chi connectivity index (χ0v) is 12.2. The number of aromatic nitrogens is 3. The van der Waals surface area contributed by atoms with Gasteiger partial charge in [0.05, 0.1) is 0 Å². The average Bonchev–Trinajstić information content (AvgIpc) is 3.19. The third kappa shape index (κ3) is 2.39. The maximum absolute atomic E-state index is 12.4. The lowest BCUT2D eigenvalue weighted by Gasteiger charge is -2.22. The number of benzene rings is 1. The maximum atomic E-state index is 12.4. The first-order chi connectivity index (χ1) is 10.8. The van der Waals surface area contributed by atoms with E-state index in [-0.39, 0.29) is 11.8 Å². The van der Waals surface area contributed by atoms with Crippen LogP contribution in [0.2, 0.25) is 0 Å².